The highest BCUT2D eigenvalue weighted by molar-refractivity contribution is 5.88. The van der Waals surface area contributed by atoms with E-state index in [2.05, 4.69) is 0 Å². The van der Waals surface area contributed by atoms with E-state index in [-0.39, 0.29) is 28.0 Å². The summed E-state index contributed by atoms with van der Waals surface area (Å²) in [5.41, 5.74) is -0.337. The molecule has 66 heavy (non-hydrogen) atoms. The second-order valence-electron chi connectivity index (χ2n) is 16.1. The number of hydrogen-bond donors (Lipinski definition) is 16. The number of ether oxygens (including phenoxy) is 9. The Morgan fingerprint density at radius 1 is 0.545 bits per heavy atom. The van der Waals surface area contributed by atoms with Gasteiger partial charge in [0.1, 0.15) is 102 Å². The highest BCUT2D eigenvalue weighted by Crippen LogP contribution is 2.47. The van der Waals surface area contributed by atoms with Gasteiger partial charge in [-0.2, -0.15) is 0 Å². The molecule has 5 heterocycles. The van der Waals surface area contributed by atoms with Gasteiger partial charge >= 0.3 is 11.3 Å². The number of rotatable bonds is 13. The van der Waals surface area contributed by atoms with E-state index < -0.39 is 171 Å². The fourth-order valence-electron chi connectivity index (χ4n) is 7.81. The Kier molecular flexibility index (Phi) is 15.3. The van der Waals surface area contributed by atoms with Gasteiger partial charge in [0.25, 0.3) is 0 Å². The summed E-state index contributed by atoms with van der Waals surface area (Å²) in [6.07, 6.45) is -35.5. The Balaban J connectivity index is 1.30. The topological polar surface area (TPSA) is 418 Å². The number of aromatic hydroxyl groups is 3. The minimum atomic E-state index is -2.10. The van der Waals surface area contributed by atoms with Crippen molar-refractivity contribution in [1.29, 1.82) is 0 Å². The fourth-order valence-corrected chi connectivity index (χ4v) is 7.81. The molecule has 7 rings (SSSR count). The van der Waals surface area contributed by atoms with Crippen molar-refractivity contribution in [3.8, 4) is 45.8 Å². The zero-order chi connectivity index (χ0) is 48.0. The molecule has 0 saturated carbocycles. The predicted molar refractivity (Wildman–Crippen MR) is 210 cm³/mol. The SMILES string of the molecule is COc1cc(-c2[o+]c3cc(O)cc(O)c3cc2OC2OC(COC3OC(C)C(O)C(O)C3O)C(O)C(O)C2OC2OC(CO)C(O)C(O)C2O)cc(OC2OC(CO)C(O)C(O)C2O)c1O. The summed E-state index contributed by atoms with van der Waals surface area (Å²) >= 11 is 0. The predicted octanol–water partition coefficient (Wildman–Crippen LogP) is -5.46. The summed E-state index contributed by atoms with van der Waals surface area (Å²) in [5.74, 6) is -3.42. The first kappa shape index (κ1) is 49.8. The average molecular weight is 950 g/mol. The summed E-state index contributed by atoms with van der Waals surface area (Å²) in [7, 11) is 1.15. The largest absolute Gasteiger partial charge is 0.507 e. The maximum absolute atomic E-state index is 11.7. The van der Waals surface area contributed by atoms with Crippen LogP contribution in [0.25, 0.3) is 22.3 Å². The molecule has 26 nitrogen and oxygen atoms in total. The molecular weight excluding hydrogens is 896 g/mol. The molecule has 20 atom stereocenters. The van der Waals surface area contributed by atoms with Crippen molar-refractivity contribution in [2.24, 2.45) is 0 Å². The van der Waals surface area contributed by atoms with Crippen LogP contribution in [-0.4, -0.2) is 231 Å². The lowest BCUT2D eigenvalue weighted by Gasteiger charge is -2.46. The van der Waals surface area contributed by atoms with Crippen LogP contribution in [0, 0.1) is 0 Å². The van der Waals surface area contributed by atoms with Crippen LogP contribution in [-0.2, 0) is 28.4 Å². The van der Waals surface area contributed by atoms with E-state index >= 15 is 0 Å². The van der Waals surface area contributed by atoms with Gasteiger partial charge in [0.05, 0.1) is 44.7 Å². The van der Waals surface area contributed by atoms with Crippen molar-refractivity contribution in [3.63, 3.8) is 0 Å². The third-order valence-electron chi connectivity index (χ3n) is 11.7. The fraction of sp³-hybridized carbons (Fsp3) is 0.625. The molecule has 0 amide bonds. The monoisotopic (exact) mass is 949 g/mol. The maximum atomic E-state index is 11.7. The molecular formula is C40H53O26+. The quantitative estimate of drug-likeness (QED) is 0.0711. The number of aliphatic hydroxyl groups excluding tert-OH is 13. The highest BCUT2D eigenvalue weighted by atomic mass is 16.8. The van der Waals surface area contributed by atoms with Crippen LogP contribution in [0.4, 0.5) is 0 Å². The summed E-state index contributed by atoms with van der Waals surface area (Å²) in [4.78, 5) is 0. The van der Waals surface area contributed by atoms with Crippen molar-refractivity contribution in [2.45, 2.75) is 130 Å². The van der Waals surface area contributed by atoms with Crippen LogP contribution in [0.2, 0.25) is 0 Å². The van der Waals surface area contributed by atoms with Gasteiger partial charge in [-0.3, -0.25) is 0 Å². The standard InChI is InChI=1S/C40H52O26/c1-11-23(45)28(50)32(54)37(59-11)58-10-22-27(49)31(53)36(66-39-34(56)30(52)26(48)21(9-42)64-39)40(65-22)62-19-7-14-15(44)5-13(43)6-16(14)60-35(19)12-3-17(57-2)24(46)18(4-12)61-38-33(55)29(51)25(47)20(8-41)63-38/h3-7,11,20-23,25-34,36-42,45,47-56H,8-10H2,1-2H3,(H2-,43,44,46)/p+1. The lowest BCUT2D eigenvalue weighted by Crippen LogP contribution is -2.65. The first-order valence-electron chi connectivity index (χ1n) is 20.4. The second-order valence-corrected chi connectivity index (χ2v) is 16.1. The Bertz CT molecular complexity index is 2130. The lowest BCUT2D eigenvalue weighted by molar-refractivity contribution is -0.362. The molecule has 26 heteroatoms. The van der Waals surface area contributed by atoms with Gasteiger partial charge in [-0.05, 0) is 6.92 Å². The number of aliphatic hydroxyl groups is 13. The number of benzene rings is 2. The summed E-state index contributed by atoms with van der Waals surface area (Å²) in [5, 5.41) is 169. The highest BCUT2D eigenvalue weighted by Gasteiger charge is 2.53. The van der Waals surface area contributed by atoms with E-state index in [9.17, 15) is 81.7 Å². The summed E-state index contributed by atoms with van der Waals surface area (Å²) in [6.45, 7) is -1.04. The Labute approximate surface area is 372 Å². The normalized spacial score (nSPS) is 39.7. The molecule has 4 aliphatic rings. The first-order chi connectivity index (χ1) is 31.3. The number of fused-ring (bicyclic) bond motifs is 1. The summed E-state index contributed by atoms with van der Waals surface area (Å²) in [6, 6.07) is 5.46. The van der Waals surface area contributed by atoms with E-state index in [1.54, 1.807) is 0 Å². The molecule has 4 saturated heterocycles. The van der Waals surface area contributed by atoms with Crippen LogP contribution in [0.1, 0.15) is 6.92 Å². The molecule has 0 radical (unpaired) electrons. The molecule has 368 valence electrons. The van der Waals surface area contributed by atoms with Gasteiger partial charge in [-0.15, -0.1) is 0 Å². The smallest absolute Gasteiger partial charge is 0.402 e. The van der Waals surface area contributed by atoms with E-state index in [1.165, 1.54) is 13.0 Å². The lowest BCUT2D eigenvalue weighted by atomic mass is 9.97. The van der Waals surface area contributed by atoms with Gasteiger partial charge in [-0.1, -0.05) is 0 Å². The zero-order valence-electron chi connectivity index (χ0n) is 34.8. The molecule has 4 aliphatic heterocycles. The van der Waals surface area contributed by atoms with Crippen molar-refractivity contribution >= 4 is 11.0 Å². The molecule has 20 unspecified atom stereocenters. The van der Waals surface area contributed by atoms with Crippen molar-refractivity contribution in [2.75, 3.05) is 26.9 Å². The molecule has 1 aromatic heterocycles. The third kappa shape index (κ3) is 9.63. The Morgan fingerprint density at radius 3 is 1.73 bits per heavy atom. The number of methoxy groups -OCH3 is 1. The number of phenols is 3. The van der Waals surface area contributed by atoms with Gasteiger partial charge in [0, 0.05) is 24.3 Å². The van der Waals surface area contributed by atoms with Crippen molar-refractivity contribution in [3.05, 3.63) is 30.3 Å². The molecule has 0 bridgehead atoms. The van der Waals surface area contributed by atoms with Crippen LogP contribution >= 0.6 is 0 Å². The van der Waals surface area contributed by atoms with Gasteiger partial charge in [-0.25, -0.2) is 4.42 Å². The molecule has 4 fully saturated rings. The Hall–Kier alpha value is -4.11. The van der Waals surface area contributed by atoms with E-state index in [0.717, 1.165) is 31.4 Å². The molecule has 16 N–H and O–H groups in total. The molecule has 0 aliphatic carbocycles. The number of phenolic OH excluding ortho intramolecular Hbond substituents is 3. The van der Waals surface area contributed by atoms with E-state index in [1.807, 2.05) is 0 Å². The van der Waals surface area contributed by atoms with Crippen LogP contribution in [0.3, 0.4) is 0 Å². The van der Waals surface area contributed by atoms with Crippen molar-refractivity contribution in [1.82, 2.24) is 0 Å². The zero-order valence-corrected chi connectivity index (χ0v) is 34.8. The van der Waals surface area contributed by atoms with Crippen LogP contribution < -0.4 is 14.2 Å². The van der Waals surface area contributed by atoms with E-state index in [0.29, 0.717) is 0 Å². The van der Waals surface area contributed by atoms with E-state index in [4.69, 9.17) is 47.0 Å². The van der Waals surface area contributed by atoms with Gasteiger partial charge in [0.15, 0.2) is 30.2 Å². The van der Waals surface area contributed by atoms with Gasteiger partial charge in [0.2, 0.25) is 24.1 Å². The molecule has 0 spiro atoms. The molecule has 2 aromatic carbocycles. The van der Waals surface area contributed by atoms with Crippen molar-refractivity contribution < 1.29 is 129 Å². The summed E-state index contributed by atoms with van der Waals surface area (Å²) < 4.78 is 57.6. The second kappa shape index (κ2) is 20.2. The minimum absolute atomic E-state index is 0.129. The van der Waals surface area contributed by atoms with Crippen LogP contribution in [0.15, 0.2) is 34.7 Å². The number of hydrogen-bond acceptors (Lipinski definition) is 25. The molecule has 3 aromatic rings. The Morgan fingerprint density at radius 2 is 1.09 bits per heavy atom. The maximum Gasteiger partial charge on any atom is 0.402 e. The van der Waals surface area contributed by atoms with Gasteiger partial charge < -0.3 is 124 Å². The van der Waals surface area contributed by atoms with Crippen LogP contribution in [0.5, 0.6) is 34.5 Å². The minimum Gasteiger partial charge on any atom is -0.507 e. The average Bonchev–Trinajstić information content (AvgIpc) is 3.29. The first-order valence-corrected chi connectivity index (χ1v) is 20.4. The third-order valence-corrected chi connectivity index (χ3v) is 11.7.